The Labute approximate surface area is 341 Å². The topological polar surface area (TPSA) is 117 Å². The zero-order valence-corrected chi connectivity index (χ0v) is 36.8. The van der Waals surface area contributed by atoms with Crippen molar-refractivity contribution in [2.75, 3.05) is 33.4 Å². The van der Waals surface area contributed by atoms with E-state index < -0.39 is 0 Å². The molecule has 0 bridgehead atoms. The quantitative estimate of drug-likeness (QED) is 0.0460. The highest BCUT2D eigenvalue weighted by atomic mass is 16.5. The van der Waals surface area contributed by atoms with Crippen LogP contribution in [0.4, 0.5) is 0 Å². The predicted octanol–water partition coefficient (Wildman–Crippen LogP) is 11.7. The molecule has 0 aromatic heterocycles. The first-order chi connectivity index (χ1) is 27.0. The Bertz CT molecular complexity index is 841. The molecule has 0 spiro atoms. The molecule has 55 heavy (non-hydrogen) atoms. The van der Waals surface area contributed by atoms with Gasteiger partial charge in [-0.1, -0.05) is 174 Å². The summed E-state index contributed by atoms with van der Waals surface area (Å²) in [5.74, 6) is 0.282. The van der Waals surface area contributed by atoms with Crippen LogP contribution in [0.2, 0.25) is 0 Å². The third kappa shape index (κ3) is 40.3. The van der Waals surface area contributed by atoms with Crippen molar-refractivity contribution in [3.63, 3.8) is 0 Å². The third-order valence-corrected chi connectivity index (χ3v) is 11.1. The van der Waals surface area contributed by atoms with Crippen LogP contribution in [0.3, 0.4) is 0 Å². The number of methoxy groups -OCH3 is 1. The van der Waals surface area contributed by atoms with Gasteiger partial charge < -0.3 is 25.8 Å². The molecule has 0 saturated heterocycles. The van der Waals surface area contributed by atoms with Crippen LogP contribution in [0.1, 0.15) is 239 Å². The van der Waals surface area contributed by atoms with Gasteiger partial charge in [0, 0.05) is 58.0 Å². The van der Waals surface area contributed by atoms with E-state index in [9.17, 15) is 19.5 Å². The van der Waals surface area contributed by atoms with Crippen LogP contribution < -0.4 is 16.0 Å². The Kier molecular flexibility index (Phi) is 42.1. The third-order valence-electron chi connectivity index (χ3n) is 11.1. The van der Waals surface area contributed by atoms with Crippen molar-refractivity contribution in [3.8, 4) is 0 Å². The molecule has 0 fully saturated rings. The molecule has 8 heteroatoms. The number of aliphatic hydroxyl groups excluding tert-OH is 1. The fourth-order valence-corrected chi connectivity index (χ4v) is 7.51. The van der Waals surface area contributed by atoms with Gasteiger partial charge in [0.05, 0.1) is 6.61 Å². The summed E-state index contributed by atoms with van der Waals surface area (Å²) in [5, 5.41) is 18.7. The number of rotatable bonds is 44. The molecule has 2 atom stereocenters. The molecule has 0 rings (SSSR count). The maximum Gasteiger partial charge on any atom is 0.222 e. The zero-order valence-electron chi connectivity index (χ0n) is 36.8. The number of nitrogens with one attached hydrogen (secondary N) is 3. The van der Waals surface area contributed by atoms with E-state index in [2.05, 4.69) is 29.8 Å². The van der Waals surface area contributed by atoms with Crippen molar-refractivity contribution in [1.29, 1.82) is 0 Å². The van der Waals surface area contributed by atoms with Gasteiger partial charge in [-0.2, -0.15) is 0 Å². The highest BCUT2D eigenvalue weighted by Gasteiger charge is 2.17. The van der Waals surface area contributed by atoms with Gasteiger partial charge in [-0.3, -0.25) is 14.4 Å². The van der Waals surface area contributed by atoms with Gasteiger partial charge in [0.15, 0.2) is 0 Å². The van der Waals surface area contributed by atoms with E-state index in [0.29, 0.717) is 32.5 Å². The first-order valence-corrected chi connectivity index (χ1v) is 23.9. The van der Waals surface area contributed by atoms with E-state index >= 15 is 0 Å². The smallest absolute Gasteiger partial charge is 0.222 e. The van der Waals surface area contributed by atoms with Crippen LogP contribution >= 0.6 is 0 Å². The van der Waals surface area contributed by atoms with Crippen LogP contribution in [-0.4, -0.2) is 62.3 Å². The van der Waals surface area contributed by atoms with Crippen molar-refractivity contribution in [2.45, 2.75) is 245 Å². The summed E-state index contributed by atoms with van der Waals surface area (Å²) >= 11 is 0. The molecule has 0 aromatic carbocycles. The minimum atomic E-state index is -0.198. The average molecular weight is 780 g/mol. The summed E-state index contributed by atoms with van der Waals surface area (Å²) in [6, 6.07) is -0.198. The summed E-state index contributed by atoms with van der Waals surface area (Å²) in [4.78, 5) is 38.1. The summed E-state index contributed by atoms with van der Waals surface area (Å²) in [5.41, 5.74) is 0. The second kappa shape index (κ2) is 43.5. The van der Waals surface area contributed by atoms with Gasteiger partial charge in [0.25, 0.3) is 0 Å². The zero-order chi connectivity index (χ0) is 40.3. The average Bonchev–Trinajstić information content (AvgIpc) is 3.17. The lowest BCUT2D eigenvalue weighted by Gasteiger charge is -2.19. The lowest BCUT2D eigenvalue weighted by molar-refractivity contribution is -0.124. The standard InChI is InChI=1S/C47H93N3O5/c1-4-6-8-10-12-14-16-18-20-22-24-26-28-36-45(52)48-38-33-31-35-44(40-47(54)49-39-32-30-34-43(41-51)42-55-3)50-46(53)37-29-27-25-23-21-19-17-15-13-11-9-7-5-2/h43-44,51H,4-42H2,1-3H3,(H,48,52)(H,49,54)(H,50,53). The van der Waals surface area contributed by atoms with Gasteiger partial charge in [-0.15, -0.1) is 0 Å². The van der Waals surface area contributed by atoms with Crippen molar-refractivity contribution in [2.24, 2.45) is 5.92 Å². The second-order valence-corrected chi connectivity index (χ2v) is 16.6. The van der Waals surface area contributed by atoms with Gasteiger partial charge >= 0.3 is 0 Å². The first-order valence-electron chi connectivity index (χ1n) is 23.9. The molecule has 0 heterocycles. The molecule has 3 amide bonds. The number of aliphatic hydroxyl groups is 1. The largest absolute Gasteiger partial charge is 0.396 e. The van der Waals surface area contributed by atoms with E-state index in [1.54, 1.807) is 7.11 Å². The maximum absolute atomic E-state index is 12.9. The van der Waals surface area contributed by atoms with Crippen LogP contribution in [0, 0.1) is 5.92 Å². The highest BCUT2D eigenvalue weighted by molar-refractivity contribution is 5.79. The summed E-state index contributed by atoms with van der Waals surface area (Å²) in [6.45, 7) is 6.43. The monoisotopic (exact) mass is 780 g/mol. The molecular weight excluding hydrogens is 687 g/mol. The molecule has 0 aromatic rings. The lowest BCUT2D eigenvalue weighted by Crippen LogP contribution is -2.39. The fourth-order valence-electron chi connectivity index (χ4n) is 7.51. The molecule has 326 valence electrons. The van der Waals surface area contributed by atoms with Gasteiger partial charge in [-0.05, 0) is 44.9 Å². The number of hydrogen-bond donors (Lipinski definition) is 4. The van der Waals surface area contributed by atoms with Gasteiger partial charge in [0.2, 0.25) is 17.7 Å². The Morgan fingerprint density at radius 1 is 0.473 bits per heavy atom. The van der Waals surface area contributed by atoms with Crippen LogP contribution in [0.5, 0.6) is 0 Å². The Morgan fingerprint density at radius 3 is 1.27 bits per heavy atom. The molecular formula is C47H93N3O5. The predicted molar refractivity (Wildman–Crippen MR) is 233 cm³/mol. The number of carbonyl (C=O) groups is 3. The maximum atomic E-state index is 12.9. The van der Waals surface area contributed by atoms with Gasteiger partial charge in [0.1, 0.15) is 0 Å². The fraction of sp³-hybridized carbons (Fsp3) is 0.936. The molecule has 4 N–H and O–H groups in total. The molecule has 0 radical (unpaired) electrons. The van der Waals surface area contributed by atoms with Crippen molar-refractivity contribution >= 4 is 17.7 Å². The number of carbonyl (C=O) groups excluding carboxylic acids is 3. The normalized spacial score (nSPS) is 12.4. The minimum absolute atomic E-state index is 0.0343. The van der Waals surface area contributed by atoms with E-state index in [1.165, 1.54) is 141 Å². The molecule has 8 nitrogen and oxygen atoms in total. The lowest BCUT2D eigenvalue weighted by atomic mass is 10.0. The molecule has 0 aliphatic heterocycles. The van der Waals surface area contributed by atoms with Crippen molar-refractivity contribution in [3.05, 3.63) is 0 Å². The molecule has 0 aliphatic rings. The molecule has 2 unspecified atom stereocenters. The van der Waals surface area contributed by atoms with Crippen LogP contribution in [-0.2, 0) is 19.1 Å². The number of ether oxygens (including phenoxy) is 1. The summed E-state index contributed by atoms with van der Waals surface area (Å²) < 4.78 is 5.16. The highest BCUT2D eigenvalue weighted by Crippen LogP contribution is 2.15. The Morgan fingerprint density at radius 2 is 0.855 bits per heavy atom. The van der Waals surface area contributed by atoms with Gasteiger partial charge in [-0.25, -0.2) is 0 Å². The number of amides is 3. The number of unbranched alkanes of at least 4 members (excludes halogenated alkanes) is 26. The summed E-state index contributed by atoms with van der Waals surface area (Å²) in [7, 11) is 1.65. The Balaban J connectivity index is 4.29. The van der Waals surface area contributed by atoms with Crippen LogP contribution in [0.25, 0.3) is 0 Å². The molecule has 0 aliphatic carbocycles. The number of hydrogen-bond acceptors (Lipinski definition) is 5. The van der Waals surface area contributed by atoms with E-state index in [-0.39, 0.29) is 42.7 Å². The Hall–Kier alpha value is -1.67. The SMILES string of the molecule is CCCCCCCCCCCCCCCC(=O)NCCCCC(CC(=O)NCCCCC(CO)COC)NC(=O)CCCCCCCCCCCCCCC. The first kappa shape index (κ1) is 53.3. The minimum Gasteiger partial charge on any atom is -0.396 e. The van der Waals surface area contributed by atoms with Crippen molar-refractivity contribution in [1.82, 2.24) is 16.0 Å². The molecule has 0 saturated carbocycles. The van der Waals surface area contributed by atoms with E-state index in [1.807, 2.05) is 0 Å². The van der Waals surface area contributed by atoms with Crippen molar-refractivity contribution < 1.29 is 24.2 Å². The summed E-state index contributed by atoms with van der Waals surface area (Å²) in [6.07, 6.45) is 40.0. The second-order valence-electron chi connectivity index (χ2n) is 16.6. The van der Waals surface area contributed by atoms with E-state index in [0.717, 1.165) is 64.2 Å². The van der Waals surface area contributed by atoms with Crippen LogP contribution in [0.15, 0.2) is 0 Å². The van der Waals surface area contributed by atoms with E-state index in [4.69, 9.17) is 4.74 Å².